The second-order valence-electron chi connectivity index (χ2n) is 5.39. The van der Waals surface area contributed by atoms with E-state index in [-0.39, 0.29) is 10.7 Å². The Bertz CT molecular complexity index is 998. The van der Waals surface area contributed by atoms with Crippen molar-refractivity contribution in [1.82, 2.24) is 15.0 Å². The van der Waals surface area contributed by atoms with E-state index in [1.54, 1.807) is 30.5 Å². The minimum absolute atomic E-state index is 0.0394. The lowest BCUT2D eigenvalue weighted by molar-refractivity contribution is -0.137. The molecule has 2 aromatic heterocycles. The molecular weight excluding hydrogens is 381 g/mol. The van der Waals surface area contributed by atoms with Crippen LogP contribution in [0.1, 0.15) is 21.6 Å². The Balaban J connectivity index is 1.79. The highest BCUT2D eigenvalue weighted by Crippen LogP contribution is 2.30. The van der Waals surface area contributed by atoms with Crippen LogP contribution in [0.2, 0.25) is 5.15 Å². The Morgan fingerprint density at radius 1 is 1.19 bits per heavy atom. The summed E-state index contributed by atoms with van der Waals surface area (Å²) in [5.41, 5.74) is 2.50. The fourth-order valence-electron chi connectivity index (χ4n) is 2.34. The molecule has 0 saturated heterocycles. The van der Waals surface area contributed by atoms with Crippen molar-refractivity contribution in [3.8, 4) is 5.69 Å². The SMILES string of the molecule is O=C(N/N=C\c1cccn1-c1cccc(C(F)(F)F)c1)c1cccnc1Cl. The first-order chi connectivity index (χ1) is 12.9. The molecule has 138 valence electrons. The zero-order chi connectivity index (χ0) is 19.4. The second-order valence-corrected chi connectivity index (χ2v) is 5.75. The van der Waals surface area contributed by atoms with Crippen LogP contribution in [0, 0.1) is 0 Å². The highest BCUT2D eigenvalue weighted by molar-refractivity contribution is 6.32. The molecule has 3 aromatic rings. The summed E-state index contributed by atoms with van der Waals surface area (Å²) in [6, 6.07) is 11.2. The van der Waals surface area contributed by atoms with E-state index in [0.29, 0.717) is 11.4 Å². The fourth-order valence-corrected chi connectivity index (χ4v) is 2.54. The molecule has 0 unspecified atom stereocenters. The molecule has 1 N–H and O–H groups in total. The molecule has 0 bridgehead atoms. The Morgan fingerprint density at radius 2 is 2.00 bits per heavy atom. The quantitative estimate of drug-likeness (QED) is 0.408. The molecular formula is C18H12ClF3N4O. The third-order valence-electron chi connectivity index (χ3n) is 3.60. The van der Waals surface area contributed by atoms with Crippen molar-refractivity contribution in [3.05, 3.63) is 82.9 Å². The standard InChI is InChI=1S/C18H12ClF3N4O/c19-16-15(7-2-8-23-16)17(27)25-24-11-14-6-3-9-26(14)13-5-1-4-12(10-13)18(20,21)22/h1-11H,(H,25,27)/b24-11-. The van der Waals surface area contributed by atoms with Crippen LogP contribution in [0.5, 0.6) is 0 Å². The van der Waals surface area contributed by atoms with Gasteiger partial charge in [-0.05, 0) is 42.5 Å². The monoisotopic (exact) mass is 392 g/mol. The van der Waals surface area contributed by atoms with Crippen LogP contribution in [-0.2, 0) is 6.18 Å². The predicted molar refractivity (Wildman–Crippen MR) is 95.1 cm³/mol. The van der Waals surface area contributed by atoms with Crippen molar-refractivity contribution < 1.29 is 18.0 Å². The van der Waals surface area contributed by atoms with Crippen molar-refractivity contribution in [1.29, 1.82) is 0 Å². The lowest BCUT2D eigenvalue weighted by atomic mass is 10.2. The molecule has 1 amide bonds. The predicted octanol–water partition coefficient (Wildman–Crippen LogP) is 4.31. The maximum atomic E-state index is 12.9. The third kappa shape index (κ3) is 4.35. The Labute approximate surface area is 157 Å². The van der Waals surface area contributed by atoms with Gasteiger partial charge in [-0.2, -0.15) is 18.3 Å². The summed E-state index contributed by atoms with van der Waals surface area (Å²) in [6.45, 7) is 0. The lowest BCUT2D eigenvalue weighted by Crippen LogP contribution is -2.18. The number of aromatic nitrogens is 2. The van der Waals surface area contributed by atoms with Crippen LogP contribution in [0.3, 0.4) is 0 Å². The van der Waals surface area contributed by atoms with E-state index in [9.17, 15) is 18.0 Å². The number of hydrogen-bond donors (Lipinski definition) is 1. The van der Waals surface area contributed by atoms with E-state index in [4.69, 9.17) is 11.6 Å². The summed E-state index contributed by atoms with van der Waals surface area (Å²) in [7, 11) is 0. The maximum Gasteiger partial charge on any atom is 0.416 e. The van der Waals surface area contributed by atoms with Crippen LogP contribution in [0.4, 0.5) is 13.2 Å². The largest absolute Gasteiger partial charge is 0.416 e. The second kappa shape index (κ2) is 7.63. The van der Waals surface area contributed by atoms with Gasteiger partial charge in [0.05, 0.1) is 23.0 Å². The number of halogens is 4. The molecule has 9 heteroatoms. The average Bonchev–Trinajstić information content (AvgIpc) is 3.10. The minimum Gasteiger partial charge on any atom is -0.316 e. The van der Waals surface area contributed by atoms with Crippen LogP contribution in [0.25, 0.3) is 5.69 Å². The molecule has 27 heavy (non-hydrogen) atoms. The topological polar surface area (TPSA) is 59.3 Å². The van der Waals surface area contributed by atoms with E-state index < -0.39 is 17.6 Å². The van der Waals surface area contributed by atoms with Crippen molar-refractivity contribution >= 4 is 23.7 Å². The number of carbonyl (C=O) groups is 1. The molecule has 0 spiro atoms. The maximum absolute atomic E-state index is 12.9. The number of nitrogens with one attached hydrogen (secondary N) is 1. The summed E-state index contributed by atoms with van der Waals surface area (Å²) in [5.74, 6) is -0.554. The molecule has 0 aliphatic heterocycles. The summed E-state index contributed by atoms with van der Waals surface area (Å²) >= 11 is 5.83. The van der Waals surface area contributed by atoms with Gasteiger partial charge in [-0.25, -0.2) is 10.4 Å². The van der Waals surface area contributed by atoms with Gasteiger partial charge in [-0.15, -0.1) is 0 Å². The van der Waals surface area contributed by atoms with Gasteiger partial charge in [0, 0.05) is 18.1 Å². The van der Waals surface area contributed by atoms with Crippen molar-refractivity contribution in [3.63, 3.8) is 0 Å². The smallest absolute Gasteiger partial charge is 0.316 e. The van der Waals surface area contributed by atoms with E-state index in [2.05, 4.69) is 15.5 Å². The van der Waals surface area contributed by atoms with Gasteiger partial charge in [-0.1, -0.05) is 17.7 Å². The molecule has 3 rings (SSSR count). The van der Waals surface area contributed by atoms with Crippen molar-refractivity contribution in [2.75, 3.05) is 0 Å². The first kappa shape index (κ1) is 18.7. The first-order valence-corrected chi connectivity index (χ1v) is 8.03. The zero-order valence-electron chi connectivity index (χ0n) is 13.6. The number of hydrogen-bond acceptors (Lipinski definition) is 3. The van der Waals surface area contributed by atoms with Gasteiger partial charge in [0.1, 0.15) is 5.15 Å². The number of benzene rings is 1. The van der Waals surface area contributed by atoms with Crippen LogP contribution >= 0.6 is 11.6 Å². The van der Waals surface area contributed by atoms with Gasteiger partial charge in [-0.3, -0.25) is 4.79 Å². The number of alkyl halides is 3. The Hall–Kier alpha value is -3.13. The fraction of sp³-hybridized carbons (Fsp3) is 0.0556. The highest BCUT2D eigenvalue weighted by Gasteiger charge is 2.30. The van der Waals surface area contributed by atoms with Gasteiger partial charge in [0.2, 0.25) is 0 Å². The number of pyridine rings is 1. The van der Waals surface area contributed by atoms with E-state index >= 15 is 0 Å². The lowest BCUT2D eigenvalue weighted by Gasteiger charge is -2.11. The van der Waals surface area contributed by atoms with Crippen LogP contribution in [0.15, 0.2) is 66.0 Å². The van der Waals surface area contributed by atoms with Gasteiger partial charge in [0.15, 0.2) is 0 Å². The summed E-state index contributed by atoms with van der Waals surface area (Å²) < 4.78 is 40.2. The molecule has 0 aliphatic carbocycles. The van der Waals surface area contributed by atoms with Crippen LogP contribution < -0.4 is 5.43 Å². The summed E-state index contributed by atoms with van der Waals surface area (Å²) in [5, 5.41) is 3.87. The van der Waals surface area contributed by atoms with E-state index in [1.807, 2.05) is 0 Å². The van der Waals surface area contributed by atoms with Gasteiger partial charge < -0.3 is 4.57 Å². The number of amides is 1. The van der Waals surface area contributed by atoms with Gasteiger partial charge in [0.25, 0.3) is 5.91 Å². The molecule has 2 heterocycles. The summed E-state index contributed by atoms with van der Waals surface area (Å²) in [6.07, 6.45) is -0.0716. The molecule has 0 aliphatic rings. The van der Waals surface area contributed by atoms with E-state index in [1.165, 1.54) is 29.1 Å². The highest BCUT2D eigenvalue weighted by atomic mass is 35.5. The number of nitrogens with zero attached hydrogens (tertiary/aromatic N) is 3. The minimum atomic E-state index is -4.44. The molecule has 0 saturated carbocycles. The van der Waals surface area contributed by atoms with Gasteiger partial charge >= 0.3 is 6.18 Å². The molecule has 5 nitrogen and oxygen atoms in total. The Morgan fingerprint density at radius 3 is 2.74 bits per heavy atom. The zero-order valence-corrected chi connectivity index (χ0v) is 14.4. The van der Waals surface area contributed by atoms with E-state index in [0.717, 1.165) is 12.1 Å². The molecule has 0 fully saturated rings. The van der Waals surface area contributed by atoms with Crippen molar-refractivity contribution in [2.24, 2.45) is 5.10 Å². The third-order valence-corrected chi connectivity index (χ3v) is 3.90. The normalized spacial score (nSPS) is 11.7. The summed E-state index contributed by atoms with van der Waals surface area (Å²) in [4.78, 5) is 15.8. The van der Waals surface area contributed by atoms with Crippen LogP contribution in [-0.4, -0.2) is 21.7 Å². The first-order valence-electron chi connectivity index (χ1n) is 7.65. The molecule has 0 atom stereocenters. The molecule has 1 aromatic carbocycles. The Kier molecular flexibility index (Phi) is 5.27. The average molecular weight is 393 g/mol. The number of rotatable bonds is 4. The molecule has 0 radical (unpaired) electrons. The number of carbonyl (C=O) groups excluding carboxylic acids is 1. The number of hydrazone groups is 1. The van der Waals surface area contributed by atoms with Crippen molar-refractivity contribution in [2.45, 2.75) is 6.18 Å².